The summed E-state index contributed by atoms with van der Waals surface area (Å²) in [5.41, 5.74) is 2.21. The smallest absolute Gasteiger partial charge is 0.322 e. The maximum atomic E-state index is 13.3. The van der Waals surface area contributed by atoms with Crippen molar-refractivity contribution in [3.63, 3.8) is 0 Å². The van der Waals surface area contributed by atoms with Gasteiger partial charge in [0.05, 0.1) is 50.2 Å². The van der Waals surface area contributed by atoms with Crippen LogP contribution in [-0.4, -0.2) is 74.2 Å². The second kappa shape index (κ2) is 8.57. The highest BCUT2D eigenvalue weighted by Crippen LogP contribution is 2.36. The van der Waals surface area contributed by atoms with Crippen LogP contribution in [0.25, 0.3) is 0 Å². The highest BCUT2D eigenvalue weighted by Gasteiger charge is 2.43. The summed E-state index contributed by atoms with van der Waals surface area (Å²) < 4.78 is 5.41. The fourth-order valence-electron chi connectivity index (χ4n) is 4.19. The van der Waals surface area contributed by atoms with E-state index < -0.39 is 6.04 Å². The number of nitrogens with one attached hydrogen (secondary N) is 2. The number of amides is 3. The summed E-state index contributed by atoms with van der Waals surface area (Å²) in [6.07, 6.45) is 1.68. The Morgan fingerprint density at radius 3 is 2.83 bits per heavy atom. The van der Waals surface area contributed by atoms with Crippen LogP contribution in [0.15, 0.2) is 48.2 Å². The lowest BCUT2D eigenvalue weighted by atomic mass is 9.95. The molecule has 3 aliphatic rings. The topological polar surface area (TPSA) is 66.3 Å². The number of urea groups is 1. The van der Waals surface area contributed by atoms with Gasteiger partial charge in [0, 0.05) is 11.6 Å². The van der Waals surface area contributed by atoms with Crippen LogP contribution in [0.4, 0.5) is 4.79 Å². The van der Waals surface area contributed by atoms with Gasteiger partial charge in [-0.25, -0.2) is 4.79 Å². The first-order valence-electron chi connectivity index (χ1n) is 9.96. The molecule has 29 heavy (non-hydrogen) atoms. The number of hydrogen-bond acceptors (Lipinski definition) is 3. The Morgan fingerprint density at radius 2 is 2.10 bits per heavy atom. The molecule has 3 heterocycles. The molecule has 0 unspecified atom stereocenters. The fourth-order valence-corrected chi connectivity index (χ4v) is 4.39. The van der Waals surface area contributed by atoms with E-state index >= 15 is 0 Å². The van der Waals surface area contributed by atoms with Crippen molar-refractivity contribution in [2.45, 2.75) is 6.04 Å². The molecule has 0 radical (unpaired) electrons. The predicted octanol–water partition coefficient (Wildman–Crippen LogP) is 0.604. The third kappa shape index (κ3) is 4.03. The van der Waals surface area contributed by atoms with Gasteiger partial charge < -0.3 is 19.9 Å². The standard InChI is InChI=1S/C21H25ClN4O3/c1-2-6-26-17-14-25(8-7-24-9-11-29-12-10-24)20(27)18(17)19(23-21(26)28)15-4-3-5-16(22)13-15/h2-5,13,19H,1,6-12,14H2,(H,23,28)/p+1/t19-/m0/s1. The average Bonchev–Trinajstić information content (AvgIpc) is 3.05. The normalized spacial score (nSPS) is 22.7. The number of rotatable bonds is 6. The van der Waals surface area contributed by atoms with Crippen molar-refractivity contribution in [1.29, 1.82) is 0 Å². The van der Waals surface area contributed by atoms with Crippen molar-refractivity contribution in [1.82, 2.24) is 15.1 Å². The van der Waals surface area contributed by atoms with E-state index in [4.69, 9.17) is 16.3 Å². The molecule has 0 spiro atoms. The van der Waals surface area contributed by atoms with E-state index in [0.29, 0.717) is 30.2 Å². The SMILES string of the molecule is C=CCN1C(=O)N[C@@H](c2cccc(Cl)c2)C2=C1CN(CC[NH+]1CCOCC1)C2=O. The molecule has 1 fully saturated rings. The molecule has 7 nitrogen and oxygen atoms in total. The highest BCUT2D eigenvalue weighted by molar-refractivity contribution is 6.30. The van der Waals surface area contributed by atoms with Gasteiger partial charge in [-0.05, 0) is 17.7 Å². The third-order valence-corrected chi connectivity index (χ3v) is 5.96. The van der Waals surface area contributed by atoms with Crippen LogP contribution >= 0.6 is 11.6 Å². The molecule has 3 amide bonds. The number of carbonyl (C=O) groups excluding carboxylic acids is 2. The van der Waals surface area contributed by atoms with Crippen LogP contribution in [0.1, 0.15) is 11.6 Å². The molecule has 1 aromatic rings. The first-order chi connectivity index (χ1) is 14.1. The lowest BCUT2D eigenvalue weighted by Gasteiger charge is -2.33. The summed E-state index contributed by atoms with van der Waals surface area (Å²) in [6.45, 7) is 9.54. The number of hydrogen-bond donors (Lipinski definition) is 2. The van der Waals surface area contributed by atoms with Gasteiger partial charge in [0.2, 0.25) is 0 Å². The van der Waals surface area contributed by atoms with E-state index in [1.807, 2.05) is 17.0 Å². The van der Waals surface area contributed by atoms with Crippen molar-refractivity contribution in [2.24, 2.45) is 0 Å². The molecule has 2 N–H and O–H groups in total. The lowest BCUT2D eigenvalue weighted by Crippen LogP contribution is -3.14. The number of morpholine rings is 1. The molecule has 154 valence electrons. The molecular weight excluding hydrogens is 392 g/mol. The van der Waals surface area contributed by atoms with E-state index in [1.165, 1.54) is 4.90 Å². The van der Waals surface area contributed by atoms with Gasteiger partial charge in [-0.1, -0.05) is 29.8 Å². The molecule has 0 saturated carbocycles. The lowest BCUT2D eigenvalue weighted by molar-refractivity contribution is -0.907. The van der Waals surface area contributed by atoms with E-state index in [2.05, 4.69) is 11.9 Å². The predicted molar refractivity (Wildman–Crippen MR) is 110 cm³/mol. The molecule has 0 bridgehead atoms. The quantitative estimate of drug-likeness (QED) is 0.666. The van der Waals surface area contributed by atoms with Gasteiger partial charge in [-0.2, -0.15) is 0 Å². The number of quaternary nitrogens is 1. The van der Waals surface area contributed by atoms with E-state index in [1.54, 1.807) is 23.1 Å². The average molecular weight is 418 g/mol. The first-order valence-corrected chi connectivity index (χ1v) is 10.3. The molecule has 0 aliphatic carbocycles. The molecular formula is C21H26ClN4O3+. The van der Waals surface area contributed by atoms with Crippen LogP contribution in [-0.2, 0) is 9.53 Å². The molecule has 1 atom stereocenters. The number of benzene rings is 1. The van der Waals surface area contributed by atoms with E-state index in [-0.39, 0.29) is 11.9 Å². The van der Waals surface area contributed by atoms with E-state index in [9.17, 15) is 9.59 Å². The molecule has 1 aromatic carbocycles. The van der Waals surface area contributed by atoms with E-state index in [0.717, 1.165) is 44.1 Å². The molecule has 1 saturated heterocycles. The largest absolute Gasteiger partial charge is 0.370 e. The molecule has 4 rings (SSSR count). The second-order valence-electron chi connectivity index (χ2n) is 7.54. The van der Waals surface area contributed by atoms with Gasteiger partial charge in [0.1, 0.15) is 13.1 Å². The zero-order valence-electron chi connectivity index (χ0n) is 16.3. The first kappa shape index (κ1) is 19.9. The maximum absolute atomic E-state index is 13.3. The zero-order chi connectivity index (χ0) is 20.4. The summed E-state index contributed by atoms with van der Waals surface area (Å²) in [5.74, 6) is -0.0216. The second-order valence-corrected chi connectivity index (χ2v) is 7.97. The van der Waals surface area contributed by atoms with Crippen LogP contribution in [0.5, 0.6) is 0 Å². The Labute approximate surface area is 175 Å². The Bertz CT molecular complexity index is 850. The Hall–Kier alpha value is -2.35. The Morgan fingerprint density at radius 1 is 1.31 bits per heavy atom. The monoisotopic (exact) mass is 417 g/mol. The summed E-state index contributed by atoms with van der Waals surface area (Å²) in [4.78, 5) is 31.0. The summed E-state index contributed by atoms with van der Waals surface area (Å²) in [7, 11) is 0. The summed E-state index contributed by atoms with van der Waals surface area (Å²) in [6, 6.07) is 6.58. The number of nitrogens with zero attached hydrogens (tertiary/aromatic N) is 2. The zero-order valence-corrected chi connectivity index (χ0v) is 17.1. The fraction of sp³-hybridized carbons (Fsp3) is 0.429. The van der Waals surface area contributed by atoms with Gasteiger partial charge in [-0.3, -0.25) is 9.69 Å². The van der Waals surface area contributed by atoms with Crippen molar-refractivity contribution in [2.75, 3.05) is 52.5 Å². The van der Waals surface area contributed by atoms with Gasteiger partial charge in [0.25, 0.3) is 5.91 Å². The van der Waals surface area contributed by atoms with Crippen LogP contribution in [0.2, 0.25) is 5.02 Å². The minimum Gasteiger partial charge on any atom is -0.370 e. The van der Waals surface area contributed by atoms with Gasteiger partial charge in [0.15, 0.2) is 0 Å². The van der Waals surface area contributed by atoms with Gasteiger partial charge in [-0.15, -0.1) is 6.58 Å². The van der Waals surface area contributed by atoms with Crippen LogP contribution in [0, 0.1) is 0 Å². The van der Waals surface area contributed by atoms with Crippen molar-refractivity contribution in [3.05, 3.63) is 58.8 Å². The number of ether oxygens (including phenoxy) is 1. The molecule has 3 aliphatic heterocycles. The molecule has 0 aromatic heterocycles. The maximum Gasteiger partial charge on any atom is 0.322 e. The van der Waals surface area contributed by atoms with Crippen molar-refractivity contribution < 1.29 is 19.2 Å². The van der Waals surface area contributed by atoms with Crippen LogP contribution in [0.3, 0.4) is 0 Å². The Kier molecular flexibility index (Phi) is 5.89. The third-order valence-electron chi connectivity index (χ3n) is 5.73. The van der Waals surface area contributed by atoms with Gasteiger partial charge >= 0.3 is 6.03 Å². The molecule has 8 heteroatoms. The van der Waals surface area contributed by atoms with Crippen molar-refractivity contribution in [3.8, 4) is 0 Å². The number of halogens is 1. The summed E-state index contributed by atoms with van der Waals surface area (Å²) >= 11 is 6.16. The highest BCUT2D eigenvalue weighted by atomic mass is 35.5. The van der Waals surface area contributed by atoms with Crippen LogP contribution < -0.4 is 10.2 Å². The van der Waals surface area contributed by atoms with Crippen molar-refractivity contribution >= 4 is 23.5 Å². The minimum atomic E-state index is -0.495. The minimum absolute atomic E-state index is 0.0216. The Balaban J connectivity index is 1.59. The summed E-state index contributed by atoms with van der Waals surface area (Å²) in [5, 5.41) is 3.55. The number of carbonyl (C=O) groups is 2.